The van der Waals surface area contributed by atoms with Gasteiger partial charge in [-0.3, -0.25) is 19.2 Å². The molecule has 64 heteroatoms. The van der Waals surface area contributed by atoms with Gasteiger partial charge in [-0.15, -0.1) is 67.5 Å². The van der Waals surface area contributed by atoms with Crippen molar-refractivity contribution in [3.63, 3.8) is 0 Å². The van der Waals surface area contributed by atoms with Gasteiger partial charge in [-0.25, -0.2) is 0 Å². The predicted octanol–water partition coefficient (Wildman–Crippen LogP) is -31.6. The summed E-state index contributed by atoms with van der Waals surface area (Å²) in [5.74, 6) is 0.383. The third-order valence-corrected chi connectivity index (χ3v) is 15.2. The molecule has 0 aliphatic carbocycles. The number of benzene rings is 5. The Balaban J connectivity index is 0.00000157. The molecule has 0 fully saturated rings. The van der Waals surface area contributed by atoms with Crippen LogP contribution in [-0.2, 0) is 0 Å². The number of hydrazone groups is 13. The minimum atomic E-state index is -1.75. The summed E-state index contributed by atoms with van der Waals surface area (Å²) in [5.41, 5.74) is 141. The number of carbonyl (C=O) groups is 4. The van der Waals surface area contributed by atoms with Crippen LogP contribution >= 0.6 is 27.3 Å². The summed E-state index contributed by atoms with van der Waals surface area (Å²) in [6, 6.07) is 31.1. The second-order valence-electron chi connectivity index (χ2n) is 25.5. The number of thiophene rings is 1. The molecular formula is C75H119BBrN52O9S+13. The molecule has 2 aromatic heterocycles. The standard InChI is InChI=1S/C13H21BN8O3.C10H14N8.C10H10N4O2.C10H12N4O2.C9H9BrN4O.C8H12N8O.C8H12N8S.C7H16N8/c1-2-3-25-11-9(7-20-22-13(17)18)4-8(5-10(11)14(23)24)6-19-21-12(15)16;11-9(12)17-15-5-7-1-2-8(4-3-7)6-16-18-10(13)14;11-10(12)14-13-4-7-1-8(5-15)3-9(2-7)6-16;1-6-2-7(4-13-14-10(11)12)9(16)8(3-6)5-15;10-8-2-6(1-7(3-8)5-15)4-13-14-9(11)12;2*9-7(10)15-13-3-5-1-2-6(17-5)4-14-16-8(11)12;8-6(9)14-12-4-2-1-3-5-13-15-7(10)11/h4-7,23-24H,2-3H2,1H3,(H4,15,16,21)(H4,17,18,22);1-6H,(H4,11,12,17)(H4,13,14,18);1-6H,(H4,11,12,14);2-5,16H,1H3,(H4,11,12,14);1-5H,(H4,11,12,14);2*1-4H,(H4,9,10,15)(H4,11,12,16);4-5H,1-3H2,(H4,8,9,14)(H4,10,11,15)/p+13. The van der Waals surface area contributed by atoms with Crippen LogP contribution in [0.2, 0.25) is 0 Å². The highest BCUT2D eigenvalue weighted by Crippen LogP contribution is 2.21. The Bertz CT molecular complexity index is 5610. The van der Waals surface area contributed by atoms with Gasteiger partial charge in [-0.1, -0.05) is 33.1 Å². The largest absolute Gasteiger partial charge is 0.506 e. The highest BCUT2D eigenvalue weighted by atomic mass is 79.9. The van der Waals surface area contributed by atoms with E-state index in [2.05, 4.69) is 149 Å². The maximum absolute atomic E-state index is 10.7. The van der Waals surface area contributed by atoms with Gasteiger partial charge in [0.1, 0.15) is 30.4 Å². The Kier molecular flexibility index (Phi) is 60.7. The van der Waals surface area contributed by atoms with Crippen LogP contribution in [0, 0.1) is 6.92 Å². The molecule has 68 N–H and O–H groups in total. The number of carbonyl (C=O) groups excluding carboxylic acids is 4. The van der Waals surface area contributed by atoms with Crippen molar-refractivity contribution < 1.29 is 110 Å². The van der Waals surface area contributed by atoms with E-state index in [0.717, 1.165) is 68.5 Å². The molecule has 736 valence electrons. The highest BCUT2D eigenvalue weighted by Gasteiger charge is 2.23. The van der Waals surface area contributed by atoms with Gasteiger partial charge >= 0.3 is 7.12 Å². The number of ether oxygens (including phenoxy) is 1. The van der Waals surface area contributed by atoms with Crippen LogP contribution in [0.15, 0.2) is 184 Å². The molecule has 0 saturated carbocycles. The van der Waals surface area contributed by atoms with Crippen LogP contribution in [-0.4, -0.2) is 212 Å². The van der Waals surface area contributed by atoms with Gasteiger partial charge in [0.05, 0.1) is 33.1 Å². The van der Waals surface area contributed by atoms with Gasteiger partial charge in [0.25, 0.3) is 77.5 Å². The summed E-state index contributed by atoms with van der Waals surface area (Å²) < 4.78 is 11.7. The second kappa shape index (κ2) is 70.9. The number of hydrogen-bond acceptors (Lipinski definition) is 23. The first-order valence-corrected chi connectivity index (χ1v) is 40.4. The first-order chi connectivity index (χ1) is 66.0. The maximum Gasteiger partial charge on any atom is 0.492 e. The number of aryl methyl sites for hydroxylation is 1. The molecule has 0 spiro atoms. The first kappa shape index (κ1) is 119. The number of nitrogens with one attached hydrogen (secondary N) is 13. The SMILES string of the molecule is CCCOc1c(C=[NH+]N=C(N)N)cc(C=[NH+]N=C(N)N)cc1B(O)O.Cc1cc(C=O)c(O)c(C=[NH+]N=C(N)N)c1.NC(N)=N[NH+]=CCCCC=[NH+]N=C(N)N.NC(N)=N[NH+]=Cc1cc(Br)cc(C=O)c1.NC(N)=N[NH+]=Cc1cc(C=O)cc(C=O)c1.NC(N)=N[NH+]=Cc1ccc(C=[NH+]N=C(N)N)cc1.NC(N)=N[NH+]=Cc1ccc(C=[NH+]N=C(N)N)o1.NC(N)=N[NH+]=Cc1ccc(C=[NH+]N=C(N)N)s1. The van der Waals surface area contributed by atoms with Crippen LogP contribution in [0.25, 0.3) is 0 Å². The summed E-state index contributed by atoms with van der Waals surface area (Å²) in [7, 11) is -1.75. The van der Waals surface area contributed by atoms with Crippen molar-refractivity contribution in [2.24, 2.45) is 215 Å². The highest BCUT2D eigenvalue weighted by molar-refractivity contribution is 9.10. The Hall–Kier alpha value is -20.0. The fourth-order valence-corrected chi connectivity index (χ4v) is 9.86. The molecule has 0 aliphatic rings. The minimum Gasteiger partial charge on any atom is -0.506 e. The van der Waals surface area contributed by atoms with E-state index in [1.807, 2.05) is 56.3 Å². The van der Waals surface area contributed by atoms with Crippen LogP contribution in [0.3, 0.4) is 0 Å². The zero-order valence-electron chi connectivity index (χ0n) is 74.7. The fraction of sp³-hybridized carbons (Fsp3) is 0.0933. The van der Waals surface area contributed by atoms with E-state index in [9.17, 15) is 34.3 Å². The van der Waals surface area contributed by atoms with Gasteiger partial charge in [-0.2, -0.15) is 0 Å². The van der Waals surface area contributed by atoms with Crippen LogP contribution < -0.4 is 226 Å². The van der Waals surface area contributed by atoms with Crippen molar-refractivity contribution in [2.75, 3.05) is 6.61 Å². The molecule has 7 aromatic rings. The summed E-state index contributed by atoms with van der Waals surface area (Å²) in [6.07, 6.45) is 26.5. The van der Waals surface area contributed by atoms with Crippen LogP contribution in [0.1, 0.15) is 140 Å². The number of nitrogens with zero attached hydrogens (tertiary/aromatic N) is 13. The second-order valence-corrected chi connectivity index (χ2v) is 27.6. The molecule has 0 radical (unpaired) electrons. The van der Waals surface area contributed by atoms with Gasteiger partial charge in [0.15, 0.2) is 30.2 Å². The van der Waals surface area contributed by atoms with Crippen molar-refractivity contribution in [2.45, 2.75) is 39.5 Å². The molecule has 0 unspecified atom stereocenters. The van der Waals surface area contributed by atoms with Crippen molar-refractivity contribution in [1.82, 2.24) is 0 Å². The number of furan rings is 1. The van der Waals surface area contributed by atoms with E-state index < -0.39 is 7.12 Å². The molecule has 0 atom stereocenters. The lowest BCUT2D eigenvalue weighted by Crippen LogP contribution is -2.64. The zero-order valence-corrected chi connectivity index (χ0v) is 77.1. The Labute approximate surface area is 803 Å². The van der Waals surface area contributed by atoms with E-state index in [4.69, 9.17) is 158 Å². The number of nitrogens with two attached hydrogens (primary N) is 26. The Morgan fingerprint density at radius 1 is 0.345 bits per heavy atom. The maximum atomic E-state index is 10.7. The molecule has 0 amide bonds. The Morgan fingerprint density at radius 3 is 0.971 bits per heavy atom. The summed E-state index contributed by atoms with van der Waals surface area (Å²) in [5, 5.41) is 109. The number of rotatable bonds is 36. The smallest absolute Gasteiger partial charge is 0.492 e. The van der Waals surface area contributed by atoms with Gasteiger partial charge < -0.3 is 173 Å². The molecule has 0 saturated heterocycles. The number of hydrogen-bond donors (Lipinski definition) is 42. The molecule has 0 bridgehead atoms. The third kappa shape index (κ3) is 63.6. The van der Waals surface area contributed by atoms with E-state index >= 15 is 0 Å². The van der Waals surface area contributed by atoms with Crippen LogP contribution in [0.4, 0.5) is 0 Å². The first-order valence-electron chi connectivity index (χ1n) is 38.8. The van der Waals surface area contributed by atoms with E-state index in [-0.39, 0.29) is 100.0 Å². The Morgan fingerprint density at radius 2 is 0.633 bits per heavy atom. The monoisotopic (exact) mass is 2010 g/mol. The van der Waals surface area contributed by atoms with Crippen molar-refractivity contribution in [1.29, 1.82) is 0 Å². The minimum absolute atomic E-state index is 0.00670. The number of phenols is 1. The number of aromatic hydroxyl groups is 1. The van der Waals surface area contributed by atoms with Crippen molar-refractivity contribution in [3.8, 4) is 11.5 Å². The summed E-state index contributed by atoms with van der Waals surface area (Å²) >= 11 is 4.78. The van der Waals surface area contributed by atoms with Gasteiger partial charge in [-0.05, 0) is 135 Å². The molecule has 7 rings (SSSR count). The van der Waals surface area contributed by atoms with E-state index in [1.165, 1.54) is 60.8 Å². The predicted molar refractivity (Wildman–Crippen MR) is 537 cm³/mol. The molecule has 139 heavy (non-hydrogen) atoms. The van der Waals surface area contributed by atoms with Gasteiger partial charge in [0.2, 0.25) is 68.4 Å². The normalized spacial score (nSPS) is 10.6. The third-order valence-electron chi connectivity index (χ3n) is 13.7. The molecule has 2 heterocycles. The van der Waals surface area contributed by atoms with E-state index in [0.29, 0.717) is 75.9 Å². The van der Waals surface area contributed by atoms with Crippen molar-refractivity contribution in [3.05, 3.63) is 202 Å². The van der Waals surface area contributed by atoms with E-state index in [1.54, 1.807) is 98.1 Å². The number of guanidine groups is 13. The zero-order chi connectivity index (χ0) is 104. The average Bonchev–Trinajstić information content (AvgIpc) is 1.44. The molecule has 5 aromatic carbocycles. The summed E-state index contributed by atoms with van der Waals surface area (Å²) in [6.45, 7) is 4.12. The number of phenolic OH excluding ortho intramolecular Hbond substituents is 1. The number of unbranched alkanes of at least 4 members (excludes halogenated alkanes) is 2. The number of halogens is 1. The van der Waals surface area contributed by atoms with Gasteiger partial charge in [0, 0.05) is 134 Å². The lowest BCUT2D eigenvalue weighted by molar-refractivity contribution is -0.459. The average molecular weight is 2020 g/mol. The van der Waals surface area contributed by atoms with Crippen molar-refractivity contribution >= 4 is 223 Å². The molecule has 0 aliphatic heterocycles. The summed E-state index contributed by atoms with van der Waals surface area (Å²) in [4.78, 5) is 44.3. The number of aldehydes is 4. The fourth-order valence-electron chi connectivity index (χ4n) is 8.56. The van der Waals surface area contributed by atoms with Crippen LogP contribution in [0.5, 0.6) is 11.5 Å². The lowest BCUT2D eigenvalue weighted by Gasteiger charge is -2.13. The molecular weight excluding hydrogens is 1900 g/mol. The molecule has 61 nitrogen and oxygen atoms in total. The topological polar surface area (TPSA) is 1170 Å². The quantitative estimate of drug-likeness (QED) is 0.00433. The lowest BCUT2D eigenvalue weighted by atomic mass is 9.77.